The highest BCUT2D eigenvalue weighted by molar-refractivity contribution is 5.33. The van der Waals surface area contributed by atoms with Crippen molar-refractivity contribution in [3.05, 3.63) is 35.7 Å². The Morgan fingerprint density at radius 3 is 2.27 bits per heavy atom. The summed E-state index contributed by atoms with van der Waals surface area (Å²) in [5.74, 6) is 0.643. The van der Waals surface area contributed by atoms with Gasteiger partial charge in [0.1, 0.15) is 0 Å². The molecule has 84 valence electrons. The fourth-order valence-corrected chi connectivity index (χ4v) is 1.67. The van der Waals surface area contributed by atoms with Crippen LogP contribution >= 0.6 is 0 Å². The minimum Gasteiger partial charge on any atom is -0.381 e. The van der Waals surface area contributed by atoms with Gasteiger partial charge in [-0.1, -0.05) is 26.0 Å². The largest absolute Gasteiger partial charge is 0.381 e. The SMILES string of the molecule is C/C=C\C1=C(/C=C\C)N[C@@H](C(C)C)CN1. The van der Waals surface area contributed by atoms with E-state index < -0.39 is 0 Å². The normalized spacial score (nSPS) is 22.6. The van der Waals surface area contributed by atoms with Crippen molar-refractivity contribution in [1.82, 2.24) is 10.6 Å². The zero-order chi connectivity index (χ0) is 11.3. The predicted molar refractivity (Wildman–Crippen MR) is 66.4 cm³/mol. The Bertz CT molecular complexity index is 285. The van der Waals surface area contributed by atoms with Gasteiger partial charge in [-0.3, -0.25) is 0 Å². The summed E-state index contributed by atoms with van der Waals surface area (Å²) in [4.78, 5) is 0. The lowest BCUT2D eigenvalue weighted by atomic mass is 10.0. The maximum atomic E-state index is 3.57. The molecule has 0 saturated carbocycles. The van der Waals surface area contributed by atoms with Gasteiger partial charge in [0, 0.05) is 12.6 Å². The number of allylic oxidation sites excluding steroid dienone is 4. The highest BCUT2D eigenvalue weighted by Crippen LogP contribution is 2.13. The van der Waals surface area contributed by atoms with Crippen molar-refractivity contribution in [3.8, 4) is 0 Å². The molecule has 1 aliphatic rings. The van der Waals surface area contributed by atoms with Crippen LogP contribution in [0.15, 0.2) is 35.7 Å². The second-order valence-corrected chi connectivity index (χ2v) is 4.20. The van der Waals surface area contributed by atoms with Gasteiger partial charge in [-0.2, -0.15) is 0 Å². The lowest BCUT2D eigenvalue weighted by Gasteiger charge is -2.31. The molecule has 0 aromatic carbocycles. The van der Waals surface area contributed by atoms with E-state index in [1.807, 2.05) is 13.8 Å². The van der Waals surface area contributed by atoms with Gasteiger partial charge in [0.05, 0.1) is 11.4 Å². The average Bonchev–Trinajstić information content (AvgIpc) is 2.21. The van der Waals surface area contributed by atoms with Crippen molar-refractivity contribution >= 4 is 0 Å². The van der Waals surface area contributed by atoms with Crippen molar-refractivity contribution in [1.29, 1.82) is 0 Å². The van der Waals surface area contributed by atoms with Gasteiger partial charge < -0.3 is 10.6 Å². The van der Waals surface area contributed by atoms with Crippen LogP contribution in [0.2, 0.25) is 0 Å². The van der Waals surface area contributed by atoms with Crippen LogP contribution in [0.1, 0.15) is 27.7 Å². The summed E-state index contributed by atoms with van der Waals surface area (Å²) in [6, 6.07) is 0.519. The third-order valence-electron chi connectivity index (χ3n) is 2.61. The molecule has 15 heavy (non-hydrogen) atoms. The standard InChI is InChI=1S/C13H22N2/c1-5-7-11-12(8-6-2)15-13(9-14-11)10(3)4/h5-8,10,13-15H,9H2,1-4H3/b7-5-,8-6-/t13-/m1/s1. The van der Waals surface area contributed by atoms with Crippen LogP contribution in [0, 0.1) is 5.92 Å². The molecule has 2 N–H and O–H groups in total. The molecule has 2 nitrogen and oxygen atoms in total. The predicted octanol–water partition coefficient (Wildman–Crippen LogP) is 2.57. The van der Waals surface area contributed by atoms with E-state index >= 15 is 0 Å². The summed E-state index contributed by atoms with van der Waals surface area (Å²) >= 11 is 0. The molecular formula is C13H22N2. The summed E-state index contributed by atoms with van der Waals surface area (Å²) in [6.07, 6.45) is 8.36. The van der Waals surface area contributed by atoms with E-state index in [2.05, 4.69) is 48.8 Å². The second-order valence-electron chi connectivity index (χ2n) is 4.20. The molecule has 0 amide bonds. The highest BCUT2D eigenvalue weighted by atomic mass is 15.1. The maximum absolute atomic E-state index is 3.57. The molecule has 1 aliphatic heterocycles. The Morgan fingerprint density at radius 1 is 1.13 bits per heavy atom. The molecule has 0 aromatic heterocycles. The molecule has 0 fully saturated rings. The molecule has 2 heteroatoms. The molecular weight excluding hydrogens is 184 g/mol. The Labute approximate surface area is 93.1 Å². The van der Waals surface area contributed by atoms with Crippen molar-refractivity contribution < 1.29 is 0 Å². The monoisotopic (exact) mass is 206 g/mol. The fraction of sp³-hybridized carbons (Fsp3) is 0.538. The van der Waals surface area contributed by atoms with Crippen molar-refractivity contribution in [2.24, 2.45) is 5.92 Å². The van der Waals surface area contributed by atoms with Crippen LogP contribution < -0.4 is 10.6 Å². The topological polar surface area (TPSA) is 24.1 Å². The Balaban J connectivity index is 2.85. The van der Waals surface area contributed by atoms with Crippen molar-refractivity contribution in [2.45, 2.75) is 33.7 Å². The van der Waals surface area contributed by atoms with Gasteiger partial charge in [-0.15, -0.1) is 0 Å². The molecule has 0 aliphatic carbocycles. The Kier molecular flexibility index (Phi) is 4.47. The molecule has 0 spiro atoms. The van der Waals surface area contributed by atoms with Crippen LogP contribution in [0.5, 0.6) is 0 Å². The summed E-state index contributed by atoms with van der Waals surface area (Å²) in [5, 5.41) is 7.03. The minimum atomic E-state index is 0.519. The Hall–Kier alpha value is -1.18. The number of nitrogens with one attached hydrogen (secondary N) is 2. The fourth-order valence-electron chi connectivity index (χ4n) is 1.67. The maximum Gasteiger partial charge on any atom is 0.0575 e. The Morgan fingerprint density at radius 2 is 1.73 bits per heavy atom. The smallest absolute Gasteiger partial charge is 0.0575 e. The third kappa shape index (κ3) is 3.15. The molecule has 0 saturated heterocycles. The summed E-state index contributed by atoms with van der Waals surface area (Å²) in [6.45, 7) is 9.57. The zero-order valence-corrected chi connectivity index (χ0v) is 10.2. The number of rotatable bonds is 3. The molecule has 1 atom stereocenters. The minimum absolute atomic E-state index is 0.519. The molecule has 0 aromatic rings. The molecule has 0 unspecified atom stereocenters. The van der Waals surface area contributed by atoms with Crippen LogP contribution in [0.4, 0.5) is 0 Å². The van der Waals surface area contributed by atoms with Crippen LogP contribution in [0.3, 0.4) is 0 Å². The van der Waals surface area contributed by atoms with E-state index in [0.717, 1.165) is 6.54 Å². The molecule has 0 radical (unpaired) electrons. The van der Waals surface area contributed by atoms with Crippen LogP contribution in [-0.4, -0.2) is 12.6 Å². The summed E-state index contributed by atoms with van der Waals surface area (Å²) in [5.41, 5.74) is 2.38. The van der Waals surface area contributed by atoms with Crippen LogP contribution in [0.25, 0.3) is 0 Å². The summed E-state index contributed by atoms with van der Waals surface area (Å²) < 4.78 is 0. The van der Waals surface area contributed by atoms with Crippen molar-refractivity contribution in [2.75, 3.05) is 6.54 Å². The first kappa shape index (κ1) is 11.9. The second kappa shape index (κ2) is 5.64. The third-order valence-corrected chi connectivity index (χ3v) is 2.61. The number of hydrogen-bond donors (Lipinski definition) is 2. The average molecular weight is 206 g/mol. The molecule has 0 bridgehead atoms. The quantitative estimate of drug-likeness (QED) is 0.741. The number of hydrogen-bond acceptors (Lipinski definition) is 2. The van der Waals surface area contributed by atoms with E-state index in [0.29, 0.717) is 12.0 Å². The molecule has 1 heterocycles. The van der Waals surface area contributed by atoms with E-state index in [-0.39, 0.29) is 0 Å². The zero-order valence-electron chi connectivity index (χ0n) is 10.2. The van der Waals surface area contributed by atoms with Gasteiger partial charge in [0.2, 0.25) is 0 Å². The highest BCUT2D eigenvalue weighted by Gasteiger charge is 2.19. The lowest BCUT2D eigenvalue weighted by molar-refractivity contribution is 0.402. The molecule has 1 rings (SSSR count). The lowest BCUT2D eigenvalue weighted by Crippen LogP contribution is -2.46. The van der Waals surface area contributed by atoms with Gasteiger partial charge in [-0.25, -0.2) is 0 Å². The van der Waals surface area contributed by atoms with Gasteiger partial charge in [0.25, 0.3) is 0 Å². The van der Waals surface area contributed by atoms with E-state index in [1.54, 1.807) is 0 Å². The van der Waals surface area contributed by atoms with E-state index in [9.17, 15) is 0 Å². The first-order chi connectivity index (χ1) is 7.19. The van der Waals surface area contributed by atoms with Crippen molar-refractivity contribution in [3.63, 3.8) is 0 Å². The van der Waals surface area contributed by atoms with E-state index in [1.165, 1.54) is 11.4 Å². The van der Waals surface area contributed by atoms with Gasteiger partial charge in [0.15, 0.2) is 0 Å². The van der Waals surface area contributed by atoms with Crippen LogP contribution in [-0.2, 0) is 0 Å². The summed E-state index contributed by atoms with van der Waals surface area (Å²) in [7, 11) is 0. The first-order valence-electron chi connectivity index (χ1n) is 5.69. The first-order valence-corrected chi connectivity index (χ1v) is 5.69. The van der Waals surface area contributed by atoms with Gasteiger partial charge >= 0.3 is 0 Å². The van der Waals surface area contributed by atoms with Gasteiger partial charge in [-0.05, 0) is 31.9 Å². The van der Waals surface area contributed by atoms with E-state index in [4.69, 9.17) is 0 Å².